The first-order valence-electron chi connectivity index (χ1n) is 20.9. The predicted octanol–water partition coefficient (Wildman–Crippen LogP) is 9.23. The molecule has 0 spiro atoms. The normalized spacial score (nSPS) is 14.3. The number of hydrogen-bond donors (Lipinski definition) is 3. The van der Waals surface area contributed by atoms with Crippen LogP contribution in [-0.4, -0.2) is 84.3 Å². The van der Waals surface area contributed by atoms with Crippen LogP contribution in [0.4, 0.5) is 0 Å². The third-order valence-corrected chi connectivity index (χ3v) is 18.1. The average molecular weight is 881 g/mol. The number of aliphatic hydroxyl groups excluding tert-OH is 3. The summed E-state index contributed by atoms with van der Waals surface area (Å²) in [6.07, 6.45) is -1.09. The Labute approximate surface area is 370 Å². The molecule has 5 aromatic rings. The van der Waals surface area contributed by atoms with Gasteiger partial charge in [-0.05, 0) is 0 Å². The van der Waals surface area contributed by atoms with Crippen molar-refractivity contribution >= 4 is 24.2 Å². The molecule has 0 radical (unpaired) electrons. The van der Waals surface area contributed by atoms with E-state index in [4.69, 9.17) is 30.0 Å². The van der Waals surface area contributed by atoms with E-state index in [2.05, 4.69) is 10.7 Å². The number of halogens is 1. The Kier molecular flexibility index (Phi) is 14.8. The summed E-state index contributed by atoms with van der Waals surface area (Å²) in [4.78, 5) is 15.6. The molecule has 0 saturated carbocycles. The first-order chi connectivity index (χ1) is 29.8. The molecule has 1 aliphatic rings. The van der Waals surface area contributed by atoms with Gasteiger partial charge in [-0.3, -0.25) is 0 Å². The number of carbonyl (C=O) groups excluding carboxylic acids is 1. The minimum absolute atomic E-state index is 0.108. The number of methoxy groups -OCH3 is 2. The van der Waals surface area contributed by atoms with Crippen LogP contribution in [0.1, 0.15) is 74.3 Å². The third kappa shape index (κ3) is 8.48. The molecule has 10 nitrogen and oxygen atoms in total. The second-order valence-corrected chi connectivity index (χ2v) is 20.8. The second kappa shape index (κ2) is 19.7. The second-order valence-electron chi connectivity index (χ2n) is 16.6. The van der Waals surface area contributed by atoms with Gasteiger partial charge in [-0.2, -0.15) is 0 Å². The van der Waals surface area contributed by atoms with Gasteiger partial charge in [0.15, 0.2) is 0 Å². The Morgan fingerprint density at radius 1 is 0.710 bits per heavy atom. The van der Waals surface area contributed by atoms with Crippen LogP contribution in [0.5, 0.6) is 11.5 Å². The molecule has 12 heteroatoms. The molecule has 0 amide bonds. The van der Waals surface area contributed by atoms with E-state index in [-0.39, 0.29) is 24.6 Å². The molecule has 0 saturated heterocycles. The van der Waals surface area contributed by atoms with E-state index in [1.165, 1.54) is 0 Å². The van der Waals surface area contributed by atoms with Crippen molar-refractivity contribution < 1.29 is 38.8 Å². The van der Waals surface area contributed by atoms with E-state index in [9.17, 15) is 20.6 Å². The molecular formula is C50H58ClN2O8P. The van der Waals surface area contributed by atoms with Crippen LogP contribution in [0, 0.1) is 16.7 Å². The maximum atomic E-state index is 15.6. The molecule has 6 rings (SSSR count). The molecule has 1 unspecified atom stereocenters. The van der Waals surface area contributed by atoms with Crippen molar-refractivity contribution in [3.63, 3.8) is 0 Å². The molecule has 3 N–H and O–H groups in total. The van der Waals surface area contributed by atoms with Crippen molar-refractivity contribution in [2.75, 3.05) is 40.6 Å². The van der Waals surface area contributed by atoms with Crippen molar-refractivity contribution in [1.29, 1.82) is 5.26 Å². The van der Waals surface area contributed by atoms with E-state index in [1.807, 2.05) is 155 Å². The van der Waals surface area contributed by atoms with E-state index in [0.717, 1.165) is 27.8 Å². The molecule has 1 aliphatic carbocycles. The summed E-state index contributed by atoms with van der Waals surface area (Å²) in [5.74, 6) is -0.0352. The fourth-order valence-corrected chi connectivity index (χ4v) is 16.2. The van der Waals surface area contributed by atoms with Crippen molar-refractivity contribution in [2.24, 2.45) is 5.41 Å². The van der Waals surface area contributed by atoms with Crippen molar-refractivity contribution in [2.45, 2.75) is 69.3 Å². The molecule has 0 heterocycles. The van der Waals surface area contributed by atoms with Crippen LogP contribution in [0.25, 0.3) is 11.1 Å². The molecule has 0 bridgehead atoms. The number of nitriles is 1. The number of fused-ring (bicyclic) bond motifs is 3. The Bertz CT molecular complexity index is 2210. The van der Waals surface area contributed by atoms with E-state index < -0.39 is 61.8 Å². The first-order valence-corrected chi connectivity index (χ1v) is 23.8. The summed E-state index contributed by atoms with van der Waals surface area (Å²) in [5.41, 5.74) is 2.23. The van der Waals surface area contributed by atoms with Crippen LogP contribution in [0.15, 0.2) is 127 Å². The molecule has 0 aromatic heterocycles. The van der Waals surface area contributed by atoms with Gasteiger partial charge in [0.2, 0.25) is 0 Å². The molecule has 1 atom stereocenters. The van der Waals surface area contributed by atoms with Crippen LogP contribution in [0.3, 0.4) is 0 Å². The van der Waals surface area contributed by atoms with Crippen molar-refractivity contribution in [3.8, 4) is 28.7 Å². The van der Waals surface area contributed by atoms with E-state index >= 15 is 4.79 Å². The van der Waals surface area contributed by atoms with Gasteiger partial charge in [-0.15, -0.1) is 0 Å². The van der Waals surface area contributed by atoms with Gasteiger partial charge in [0.05, 0.1) is 0 Å². The average Bonchev–Trinajstić information content (AvgIpc) is 3.61. The number of carbonyl (C=O) groups is 1. The van der Waals surface area contributed by atoms with Crippen LogP contribution in [-0.2, 0) is 19.2 Å². The summed E-state index contributed by atoms with van der Waals surface area (Å²) < 4.78 is 27.5. The Hall–Kier alpha value is -4.82. The van der Waals surface area contributed by atoms with Gasteiger partial charge >= 0.3 is 372 Å². The number of hydrogen-bond acceptors (Lipinski definition) is 10. The molecule has 328 valence electrons. The van der Waals surface area contributed by atoms with Gasteiger partial charge < -0.3 is 0 Å². The number of nitrogens with zero attached hydrogens (tertiary/aromatic N) is 2. The quantitative estimate of drug-likeness (QED) is 0.0394. The summed E-state index contributed by atoms with van der Waals surface area (Å²) in [6, 6.07) is 42.3. The number of aliphatic hydroxyl groups is 3. The Balaban J connectivity index is 1.67. The SMILES string of the molecule is COc1ccc(C(c2ccccc2)(c2ccc(OC)cc2)[PH](Cl)(OC(CC#N)(CC(CO)(CO)CO)C(=O)OCC2c3ccccc3-c3ccccc32)N(C(C)C)C(C)C)cc1. The van der Waals surface area contributed by atoms with Gasteiger partial charge in [0, 0.05) is 0 Å². The fourth-order valence-electron chi connectivity index (χ4n) is 9.35. The summed E-state index contributed by atoms with van der Waals surface area (Å²) >= 11 is 8.73. The number of esters is 1. The number of rotatable bonds is 20. The third-order valence-electron chi connectivity index (χ3n) is 12.2. The molecule has 5 aromatic carbocycles. The van der Waals surface area contributed by atoms with Crippen LogP contribution >= 0.6 is 18.2 Å². The standard InChI is InChI=1S/C50H58ClN2O8P/c1-35(2)53(36(3)4)62(51,50(37-14-8-7-9-15-37,38-20-24-40(58-5)25-21-38)39-22-26-41(59-6)27-23-39)61-49(28-29-52,31-48(32-54,33-55)34-56)47(57)60-30-46-44-18-12-10-16-42(44)43-17-11-13-19-45(43)46/h7-27,35-36,46,54-56,62H,28,30-34H2,1-6H3. The first kappa shape index (κ1) is 46.7. The zero-order valence-electron chi connectivity index (χ0n) is 36.3. The van der Waals surface area contributed by atoms with Crippen molar-refractivity contribution in [3.05, 3.63) is 155 Å². The van der Waals surface area contributed by atoms with Gasteiger partial charge in [-0.25, -0.2) is 0 Å². The minimum atomic E-state index is -4.58. The summed E-state index contributed by atoms with van der Waals surface area (Å²) in [5, 5.41) is 42.2. The van der Waals surface area contributed by atoms with Crippen LogP contribution < -0.4 is 9.47 Å². The van der Waals surface area contributed by atoms with Crippen LogP contribution in [0.2, 0.25) is 0 Å². The predicted molar refractivity (Wildman–Crippen MR) is 246 cm³/mol. The Morgan fingerprint density at radius 2 is 1.15 bits per heavy atom. The molecule has 62 heavy (non-hydrogen) atoms. The van der Waals surface area contributed by atoms with Gasteiger partial charge in [0.1, 0.15) is 0 Å². The fraction of sp³-hybridized carbons (Fsp3) is 0.360. The zero-order valence-corrected chi connectivity index (χ0v) is 38.0. The maximum absolute atomic E-state index is 15.6. The zero-order chi connectivity index (χ0) is 44.7. The summed E-state index contributed by atoms with van der Waals surface area (Å²) in [6.45, 7) is 1.12. The topological polar surface area (TPSA) is 142 Å². The van der Waals surface area contributed by atoms with E-state index in [1.54, 1.807) is 14.2 Å². The van der Waals surface area contributed by atoms with E-state index in [0.29, 0.717) is 22.6 Å². The van der Waals surface area contributed by atoms with Gasteiger partial charge in [0.25, 0.3) is 0 Å². The molecule has 0 aliphatic heterocycles. The number of benzene rings is 5. The summed E-state index contributed by atoms with van der Waals surface area (Å²) in [7, 11) is 3.18. The number of ether oxygens (including phenoxy) is 3. The molecular weight excluding hydrogens is 823 g/mol. The monoisotopic (exact) mass is 880 g/mol. The molecule has 0 fully saturated rings. The van der Waals surface area contributed by atoms with Gasteiger partial charge in [-0.1, -0.05) is 0 Å². The van der Waals surface area contributed by atoms with Crippen molar-refractivity contribution in [1.82, 2.24) is 4.67 Å². The Morgan fingerprint density at radius 3 is 1.56 bits per heavy atom.